The van der Waals surface area contributed by atoms with Crippen LogP contribution in [-0.4, -0.2) is 9.90 Å². The predicted molar refractivity (Wildman–Crippen MR) is 73.0 cm³/mol. The van der Waals surface area contributed by atoms with Crippen molar-refractivity contribution in [3.63, 3.8) is 0 Å². The third kappa shape index (κ3) is 2.18. The number of rotatable bonds is 2. The summed E-state index contributed by atoms with van der Waals surface area (Å²) in [7, 11) is 0. The summed E-state index contributed by atoms with van der Waals surface area (Å²) in [5.74, 6) is 0. The number of halogens is 1. The molecule has 0 spiro atoms. The van der Waals surface area contributed by atoms with E-state index in [0.29, 0.717) is 16.4 Å². The zero-order chi connectivity index (χ0) is 13.2. The molecular weight excluding hydrogens is 262 g/mol. The second kappa shape index (κ2) is 4.74. The van der Waals surface area contributed by atoms with Gasteiger partial charge in [-0.05, 0) is 23.0 Å². The van der Waals surface area contributed by atoms with E-state index in [0.717, 1.165) is 10.4 Å². The van der Waals surface area contributed by atoms with E-state index in [1.165, 1.54) is 4.80 Å². The van der Waals surface area contributed by atoms with Gasteiger partial charge in [0.25, 0.3) is 0 Å². The average Bonchev–Trinajstić information content (AvgIpc) is 2.81. The van der Waals surface area contributed by atoms with Crippen molar-refractivity contribution in [2.45, 2.75) is 0 Å². The van der Waals surface area contributed by atoms with Crippen molar-refractivity contribution in [3.05, 3.63) is 71.0 Å². The van der Waals surface area contributed by atoms with Gasteiger partial charge in [-0.25, -0.2) is 0 Å². The average molecular weight is 272 g/mol. The zero-order valence-electron chi connectivity index (χ0n) is 9.90. The van der Waals surface area contributed by atoms with Gasteiger partial charge in [-0.3, -0.25) is 0 Å². The van der Waals surface area contributed by atoms with Crippen molar-refractivity contribution in [2.24, 2.45) is 0 Å². The summed E-state index contributed by atoms with van der Waals surface area (Å²) in [6, 6.07) is 16.4. The van der Waals surface area contributed by atoms with Gasteiger partial charge < -0.3 is 5.21 Å². The molecule has 3 rings (SSSR count). The zero-order valence-corrected chi connectivity index (χ0v) is 10.7. The van der Waals surface area contributed by atoms with Crippen molar-refractivity contribution in [3.8, 4) is 16.9 Å². The van der Waals surface area contributed by atoms with E-state index < -0.39 is 0 Å². The minimum atomic E-state index is 0.501. The molecule has 0 radical (unpaired) electrons. The Morgan fingerprint density at radius 1 is 1.05 bits per heavy atom. The number of hydrogen-bond donors (Lipinski definition) is 0. The summed E-state index contributed by atoms with van der Waals surface area (Å²) in [6.07, 6.45) is 1.54. The molecule has 0 aliphatic carbocycles. The normalized spacial score (nSPS) is 10.6. The number of aromatic nitrogens is 3. The van der Waals surface area contributed by atoms with Crippen LogP contribution in [0.3, 0.4) is 0 Å². The molecule has 94 valence electrons. The van der Waals surface area contributed by atoms with E-state index in [1.54, 1.807) is 30.5 Å². The lowest BCUT2D eigenvalue weighted by Gasteiger charge is -2.06. The summed E-state index contributed by atoms with van der Waals surface area (Å²) in [4.78, 5) is 2.02. The molecule has 1 aromatic heterocycles. The molecule has 0 aliphatic heterocycles. The lowest BCUT2D eigenvalue weighted by atomic mass is 10.2. The molecule has 0 fully saturated rings. The molecule has 0 saturated heterocycles. The SMILES string of the molecule is [O-][n+]1c(-c2ccccc2)cnn1-c1cccc(Cl)c1. The fourth-order valence-corrected chi connectivity index (χ4v) is 2.06. The van der Waals surface area contributed by atoms with Crippen LogP contribution in [-0.2, 0) is 0 Å². The van der Waals surface area contributed by atoms with Gasteiger partial charge in [0.05, 0.1) is 0 Å². The molecule has 19 heavy (non-hydrogen) atoms. The smallest absolute Gasteiger partial charge is 0.215 e. The minimum absolute atomic E-state index is 0.501. The molecule has 0 amide bonds. The van der Waals surface area contributed by atoms with Gasteiger partial charge in [0.15, 0.2) is 0 Å². The predicted octanol–water partition coefficient (Wildman–Crippen LogP) is 2.83. The van der Waals surface area contributed by atoms with Crippen molar-refractivity contribution in [2.75, 3.05) is 0 Å². The topological polar surface area (TPSA) is 44.8 Å². The molecule has 0 bridgehead atoms. The third-order valence-corrected chi connectivity index (χ3v) is 3.01. The molecule has 2 aromatic carbocycles. The van der Waals surface area contributed by atoms with Crippen LogP contribution in [0.5, 0.6) is 0 Å². The Morgan fingerprint density at radius 3 is 2.58 bits per heavy atom. The maximum absolute atomic E-state index is 12.3. The maximum atomic E-state index is 12.3. The standard InChI is InChI=1S/C14H10ClN3O/c15-12-7-4-8-13(9-12)17-16-10-14(18(17)19)11-5-2-1-3-6-11/h1-10H. The molecule has 0 atom stereocenters. The molecule has 1 heterocycles. The molecule has 5 heteroatoms. The first-order chi connectivity index (χ1) is 9.25. The van der Waals surface area contributed by atoms with Crippen LogP contribution in [0.4, 0.5) is 0 Å². The van der Waals surface area contributed by atoms with Gasteiger partial charge in [-0.15, -0.1) is 4.85 Å². The highest BCUT2D eigenvalue weighted by atomic mass is 35.5. The van der Waals surface area contributed by atoms with E-state index in [1.807, 2.05) is 30.3 Å². The van der Waals surface area contributed by atoms with Gasteiger partial charge in [-0.2, -0.15) is 0 Å². The number of benzene rings is 2. The van der Waals surface area contributed by atoms with Crippen LogP contribution < -0.4 is 4.85 Å². The fraction of sp³-hybridized carbons (Fsp3) is 0. The van der Waals surface area contributed by atoms with E-state index in [-0.39, 0.29) is 0 Å². The molecule has 0 aliphatic rings. The van der Waals surface area contributed by atoms with Crippen molar-refractivity contribution in [1.29, 1.82) is 0 Å². The highest BCUT2D eigenvalue weighted by molar-refractivity contribution is 6.30. The molecule has 4 nitrogen and oxygen atoms in total. The Hall–Kier alpha value is -2.33. The fourth-order valence-electron chi connectivity index (χ4n) is 1.87. The second-order valence-electron chi connectivity index (χ2n) is 4.04. The van der Waals surface area contributed by atoms with E-state index in [4.69, 9.17) is 11.6 Å². The lowest BCUT2D eigenvalue weighted by Crippen LogP contribution is -2.38. The Labute approximate surface area is 115 Å². The molecule has 0 saturated carbocycles. The van der Waals surface area contributed by atoms with Crippen LogP contribution in [0.2, 0.25) is 5.02 Å². The third-order valence-electron chi connectivity index (χ3n) is 2.78. The van der Waals surface area contributed by atoms with Gasteiger partial charge in [0, 0.05) is 15.7 Å². The second-order valence-corrected chi connectivity index (χ2v) is 4.47. The van der Waals surface area contributed by atoms with Gasteiger partial charge in [0.1, 0.15) is 5.69 Å². The quantitative estimate of drug-likeness (QED) is 0.531. The van der Waals surface area contributed by atoms with Gasteiger partial charge >= 0.3 is 0 Å². The highest BCUT2D eigenvalue weighted by Gasteiger charge is 2.15. The Bertz CT molecular complexity index is 710. The highest BCUT2D eigenvalue weighted by Crippen LogP contribution is 2.16. The monoisotopic (exact) mass is 271 g/mol. The first-order valence-corrected chi connectivity index (χ1v) is 6.13. The summed E-state index contributed by atoms with van der Waals surface area (Å²) >= 11 is 5.92. The number of hydrogen-bond acceptors (Lipinski definition) is 2. The van der Waals surface area contributed by atoms with Gasteiger partial charge in [-0.1, -0.05) is 48.0 Å². The van der Waals surface area contributed by atoms with Crippen LogP contribution in [0.1, 0.15) is 0 Å². The molecular formula is C14H10ClN3O. The van der Waals surface area contributed by atoms with Crippen LogP contribution in [0.25, 0.3) is 16.9 Å². The van der Waals surface area contributed by atoms with Crippen molar-refractivity contribution in [1.82, 2.24) is 9.90 Å². The van der Waals surface area contributed by atoms with Crippen LogP contribution in [0, 0.1) is 5.21 Å². The summed E-state index contributed by atoms with van der Waals surface area (Å²) in [6.45, 7) is 0. The minimum Gasteiger partial charge on any atom is -0.692 e. The van der Waals surface area contributed by atoms with Gasteiger partial charge in [0.2, 0.25) is 11.9 Å². The van der Waals surface area contributed by atoms with E-state index in [9.17, 15) is 5.21 Å². The first-order valence-electron chi connectivity index (χ1n) is 5.75. The number of nitrogens with zero attached hydrogens (tertiary/aromatic N) is 3. The van der Waals surface area contributed by atoms with Crippen LogP contribution >= 0.6 is 11.6 Å². The van der Waals surface area contributed by atoms with Crippen molar-refractivity contribution < 1.29 is 4.85 Å². The van der Waals surface area contributed by atoms with Crippen molar-refractivity contribution >= 4 is 11.6 Å². The summed E-state index contributed by atoms with van der Waals surface area (Å²) in [5, 5.41) is 16.9. The Morgan fingerprint density at radius 2 is 1.84 bits per heavy atom. The Kier molecular flexibility index (Phi) is 2.93. The summed E-state index contributed by atoms with van der Waals surface area (Å²) < 4.78 is 0. The molecule has 3 aromatic rings. The summed E-state index contributed by atoms with van der Waals surface area (Å²) in [5.41, 5.74) is 1.95. The largest absolute Gasteiger partial charge is 0.692 e. The molecule has 0 unspecified atom stereocenters. The van der Waals surface area contributed by atoms with E-state index >= 15 is 0 Å². The maximum Gasteiger partial charge on any atom is 0.215 e. The first kappa shape index (κ1) is 11.7. The Balaban J connectivity index is 2.09. The lowest BCUT2D eigenvalue weighted by molar-refractivity contribution is -0.678. The van der Waals surface area contributed by atoms with E-state index in [2.05, 4.69) is 5.10 Å². The van der Waals surface area contributed by atoms with Crippen LogP contribution in [0.15, 0.2) is 60.8 Å². The molecule has 0 N–H and O–H groups in total.